The zero-order valence-corrected chi connectivity index (χ0v) is 14.9. The molecule has 2 aliphatic heterocycles. The Balaban J connectivity index is 0.00000225. The Morgan fingerprint density at radius 1 is 1.28 bits per heavy atom. The van der Waals surface area contributed by atoms with Gasteiger partial charge in [0, 0.05) is 50.9 Å². The van der Waals surface area contributed by atoms with Crippen molar-refractivity contribution in [1.82, 2.24) is 19.4 Å². The van der Waals surface area contributed by atoms with E-state index in [1.54, 1.807) is 0 Å². The third kappa shape index (κ3) is 4.49. The Morgan fingerprint density at radius 2 is 1.96 bits per heavy atom. The normalized spacial score (nSPS) is 28.0. The van der Waals surface area contributed by atoms with Crippen LogP contribution in [0.2, 0.25) is 0 Å². The van der Waals surface area contributed by atoms with Crippen molar-refractivity contribution in [3.8, 4) is 0 Å². The number of aromatic nitrogens is 2. The van der Waals surface area contributed by atoms with E-state index < -0.39 is 29.7 Å². The molecule has 0 aliphatic carbocycles. The molecule has 3 heterocycles. The highest BCUT2D eigenvalue weighted by Gasteiger charge is 2.35. The zero-order valence-electron chi connectivity index (χ0n) is 14.1. The van der Waals surface area contributed by atoms with Gasteiger partial charge in [-0.2, -0.15) is 0 Å². The Labute approximate surface area is 151 Å². The van der Waals surface area contributed by atoms with Gasteiger partial charge in [-0.3, -0.25) is 19.2 Å². The number of hydrogen-bond acceptors (Lipinski definition) is 7. The fourth-order valence-corrected chi connectivity index (χ4v) is 3.15. The summed E-state index contributed by atoms with van der Waals surface area (Å²) in [7, 11) is 2.06. The SMILES string of the molecule is CN1CCN(Cc2cn(C3CC(O)C(CO)O3)c(=O)[nH]c2=O)CC1.Cl. The summed E-state index contributed by atoms with van der Waals surface area (Å²) in [6, 6.07) is 0. The maximum absolute atomic E-state index is 12.1. The lowest BCUT2D eigenvalue weighted by atomic mass is 10.2. The van der Waals surface area contributed by atoms with Crippen molar-refractivity contribution >= 4 is 12.4 Å². The van der Waals surface area contributed by atoms with Gasteiger partial charge in [0.2, 0.25) is 0 Å². The first-order valence-electron chi connectivity index (χ1n) is 8.17. The van der Waals surface area contributed by atoms with E-state index in [2.05, 4.69) is 21.8 Å². The van der Waals surface area contributed by atoms with Crippen molar-refractivity contribution < 1.29 is 14.9 Å². The molecule has 9 nitrogen and oxygen atoms in total. The van der Waals surface area contributed by atoms with Crippen LogP contribution in [0.15, 0.2) is 15.8 Å². The minimum Gasteiger partial charge on any atom is -0.394 e. The van der Waals surface area contributed by atoms with E-state index in [0.717, 1.165) is 26.2 Å². The number of H-pyrrole nitrogens is 1. The Bertz CT molecular complexity index is 685. The molecule has 1 aromatic heterocycles. The molecule has 0 aromatic carbocycles. The van der Waals surface area contributed by atoms with Crippen LogP contribution in [-0.2, 0) is 11.3 Å². The van der Waals surface area contributed by atoms with Gasteiger partial charge < -0.3 is 19.8 Å². The largest absolute Gasteiger partial charge is 0.394 e. The molecule has 25 heavy (non-hydrogen) atoms. The van der Waals surface area contributed by atoms with Crippen molar-refractivity contribution in [3.05, 3.63) is 32.6 Å². The lowest BCUT2D eigenvalue weighted by Gasteiger charge is -2.32. The van der Waals surface area contributed by atoms with Gasteiger partial charge in [0.05, 0.1) is 12.7 Å². The van der Waals surface area contributed by atoms with Crippen molar-refractivity contribution in [3.63, 3.8) is 0 Å². The average molecular weight is 377 g/mol. The second kappa shape index (κ2) is 8.43. The maximum Gasteiger partial charge on any atom is 0.330 e. The third-order valence-electron chi connectivity index (χ3n) is 4.73. The number of nitrogens with zero attached hydrogens (tertiary/aromatic N) is 3. The molecule has 0 spiro atoms. The zero-order chi connectivity index (χ0) is 17.3. The molecule has 3 unspecified atom stereocenters. The second-order valence-corrected chi connectivity index (χ2v) is 6.52. The summed E-state index contributed by atoms with van der Waals surface area (Å²) in [6.45, 7) is 3.74. The number of hydrogen-bond donors (Lipinski definition) is 3. The molecule has 0 radical (unpaired) electrons. The Morgan fingerprint density at radius 3 is 2.56 bits per heavy atom. The average Bonchev–Trinajstić information content (AvgIpc) is 2.92. The molecule has 3 atom stereocenters. The molecule has 2 saturated heterocycles. The molecule has 2 aliphatic rings. The number of aliphatic hydroxyl groups excluding tert-OH is 2. The summed E-state index contributed by atoms with van der Waals surface area (Å²) >= 11 is 0. The van der Waals surface area contributed by atoms with E-state index in [4.69, 9.17) is 9.84 Å². The number of rotatable bonds is 4. The number of nitrogens with one attached hydrogen (secondary N) is 1. The standard InChI is InChI=1S/C15H24N4O5.ClH/c1-17-2-4-18(5-3-17)7-10-8-19(15(23)16-14(10)22)13-6-11(21)12(9-20)24-13;/h8,11-13,20-21H,2-7,9H2,1H3,(H,16,22,23);1H. The monoisotopic (exact) mass is 376 g/mol. The molecule has 1 aromatic rings. The molecule has 0 bridgehead atoms. The van der Waals surface area contributed by atoms with Crippen LogP contribution in [0.3, 0.4) is 0 Å². The van der Waals surface area contributed by atoms with Gasteiger partial charge in [0.25, 0.3) is 5.56 Å². The first-order chi connectivity index (χ1) is 11.5. The molecule has 142 valence electrons. The fraction of sp³-hybridized carbons (Fsp3) is 0.733. The van der Waals surface area contributed by atoms with E-state index >= 15 is 0 Å². The predicted octanol–water partition coefficient (Wildman–Crippen LogP) is -1.65. The molecule has 2 fully saturated rings. The first kappa shape index (κ1) is 20.1. The molecular formula is C15H25ClN4O5. The predicted molar refractivity (Wildman–Crippen MR) is 93.0 cm³/mol. The van der Waals surface area contributed by atoms with Crippen LogP contribution >= 0.6 is 12.4 Å². The van der Waals surface area contributed by atoms with E-state index in [1.807, 2.05) is 0 Å². The quantitative estimate of drug-likeness (QED) is 0.577. The topological polar surface area (TPSA) is 111 Å². The maximum atomic E-state index is 12.1. The van der Waals surface area contributed by atoms with Gasteiger partial charge in [-0.25, -0.2) is 4.79 Å². The number of aliphatic hydroxyl groups is 2. The van der Waals surface area contributed by atoms with Crippen LogP contribution in [0.5, 0.6) is 0 Å². The van der Waals surface area contributed by atoms with Crippen molar-refractivity contribution in [2.75, 3.05) is 39.8 Å². The van der Waals surface area contributed by atoms with Crippen molar-refractivity contribution in [2.45, 2.75) is 31.4 Å². The number of ether oxygens (including phenoxy) is 1. The molecule has 0 saturated carbocycles. The van der Waals surface area contributed by atoms with Gasteiger partial charge in [-0.15, -0.1) is 12.4 Å². The highest BCUT2D eigenvalue weighted by Crippen LogP contribution is 2.27. The number of likely N-dealkylation sites (N-methyl/N-ethyl adjacent to an activating group) is 1. The summed E-state index contributed by atoms with van der Waals surface area (Å²) < 4.78 is 6.81. The molecular weight excluding hydrogens is 352 g/mol. The lowest BCUT2D eigenvalue weighted by molar-refractivity contribution is -0.0460. The van der Waals surface area contributed by atoms with E-state index in [1.165, 1.54) is 10.8 Å². The van der Waals surface area contributed by atoms with Crippen molar-refractivity contribution in [2.24, 2.45) is 0 Å². The fourth-order valence-electron chi connectivity index (χ4n) is 3.15. The summed E-state index contributed by atoms with van der Waals surface area (Å²) in [5.74, 6) is 0. The van der Waals surface area contributed by atoms with Gasteiger partial charge in [-0.1, -0.05) is 0 Å². The van der Waals surface area contributed by atoms with E-state index in [9.17, 15) is 14.7 Å². The third-order valence-corrected chi connectivity index (χ3v) is 4.73. The smallest absolute Gasteiger partial charge is 0.330 e. The van der Waals surface area contributed by atoms with Gasteiger partial charge >= 0.3 is 5.69 Å². The highest BCUT2D eigenvalue weighted by atomic mass is 35.5. The van der Waals surface area contributed by atoms with Gasteiger partial charge in [0.15, 0.2) is 0 Å². The molecule has 3 rings (SSSR count). The van der Waals surface area contributed by atoms with Crippen LogP contribution < -0.4 is 11.2 Å². The molecule has 10 heteroatoms. The molecule has 0 amide bonds. The van der Waals surface area contributed by atoms with Crippen LogP contribution in [0.4, 0.5) is 0 Å². The van der Waals surface area contributed by atoms with Gasteiger partial charge in [-0.05, 0) is 7.05 Å². The summed E-state index contributed by atoms with van der Waals surface area (Å²) in [5, 5.41) is 19.0. The van der Waals surface area contributed by atoms with Crippen LogP contribution in [0.1, 0.15) is 18.2 Å². The van der Waals surface area contributed by atoms with Gasteiger partial charge in [0.1, 0.15) is 12.3 Å². The van der Waals surface area contributed by atoms with Crippen LogP contribution in [0, 0.1) is 0 Å². The number of aromatic amines is 1. The highest BCUT2D eigenvalue weighted by molar-refractivity contribution is 5.85. The lowest BCUT2D eigenvalue weighted by Crippen LogP contribution is -2.45. The first-order valence-corrected chi connectivity index (χ1v) is 8.17. The van der Waals surface area contributed by atoms with Crippen LogP contribution in [0.25, 0.3) is 0 Å². The summed E-state index contributed by atoms with van der Waals surface area (Å²) in [4.78, 5) is 30.9. The molecule has 3 N–H and O–H groups in total. The second-order valence-electron chi connectivity index (χ2n) is 6.52. The Hall–Kier alpha value is -1.23. The minimum atomic E-state index is -0.833. The van der Waals surface area contributed by atoms with E-state index in [0.29, 0.717) is 12.1 Å². The Kier molecular flexibility index (Phi) is 6.78. The van der Waals surface area contributed by atoms with Crippen LogP contribution in [-0.4, -0.2) is 81.6 Å². The number of piperazine rings is 1. The minimum absolute atomic E-state index is 0. The van der Waals surface area contributed by atoms with E-state index in [-0.39, 0.29) is 25.4 Å². The summed E-state index contributed by atoms with van der Waals surface area (Å²) in [6.07, 6.45) is -0.524. The number of halogens is 1. The summed E-state index contributed by atoms with van der Waals surface area (Å²) in [5.41, 5.74) is -0.477. The van der Waals surface area contributed by atoms with Crippen molar-refractivity contribution in [1.29, 1.82) is 0 Å².